The quantitative estimate of drug-likeness (QED) is 0.765. The lowest BCUT2D eigenvalue weighted by molar-refractivity contribution is 0.237. The Hall–Kier alpha value is -2.34. The monoisotopic (exact) mass is 303 g/mol. The van der Waals surface area contributed by atoms with Gasteiger partial charge in [0.15, 0.2) is 0 Å². The van der Waals surface area contributed by atoms with E-state index in [1.54, 1.807) is 6.20 Å². The number of urea groups is 1. The van der Waals surface area contributed by atoms with Gasteiger partial charge in [-0.1, -0.05) is 13.0 Å². The van der Waals surface area contributed by atoms with E-state index in [0.717, 1.165) is 17.5 Å². The summed E-state index contributed by atoms with van der Waals surface area (Å²) in [5.41, 5.74) is 2.45. The molecule has 22 heavy (non-hydrogen) atoms. The third-order valence-electron chi connectivity index (χ3n) is 3.47. The lowest BCUT2D eigenvalue weighted by Gasteiger charge is -2.17. The van der Waals surface area contributed by atoms with Gasteiger partial charge in [-0.25, -0.2) is 9.78 Å². The van der Waals surface area contributed by atoms with Crippen molar-refractivity contribution < 1.29 is 14.3 Å². The fraction of sp³-hybridized carbons (Fsp3) is 0.375. The zero-order valence-electron chi connectivity index (χ0n) is 12.8. The minimum Gasteiger partial charge on any atom is -0.445 e. The fourth-order valence-corrected chi connectivity index (χ4v) is 2.13. The van der Waals surface area contributed by atoms with Crippen molar-refractivity contribution in [2.45, 2.75) is 32.7 Å². The van der Waals surface area contributed by atoms with Crippen LogP contribution in [0.15, 0.2) is 35.1 Å². The van der Waals surface area contributed by atoms with E-state index in [1.807, 2.05) is 32.0 Å². The van der Waals surface area contributed by atoms with Gasteiger partial charge in [0, 0.05) is 23.9 Å². The summed E-state index contributed by atoms with van der Waals surface area (Å²) in [5, 5.41) is 14.7. The smallest absolute Gasteiger partial charge is 0.319 e. The predicted molar refractivity (Wildman–Crippen MR) is 84.6 cm³/mol. The van der Waals surface area contributed by atoms with E-state index in [-0.39, 0.29) is 18.7 Å². The fourth-order valence-electron chi connectivity index (χ4n) is 2.13. The number of aromatic nitrogens is 1. The highest BCUT2D eigenvalue weighted by molar-refractivity contribution is 5.91. The van der Waals surface area contributed by atoms with E-state index in [4.69, 9.17) is 9.52 Å². The van der Waals surface area contributed by atoms with Crippen LogP contribution >= 0.6 is 0 Å². The van der Waals surface area contributed by atoms with E-state index in [1.165, 1.54) is 6.26 Å². The van der Waals surface area contributed by atoms with Crippen LogP contribution in [0, 0.1) is 6.92 Å². The molecule has 0 aliphatic heterocycles. The van der Waals surface area contributed by atoms with Gasteiger partial charge in [-0.05, 0) is 37.5 Å². The van der Waals surface area contributed by atoms with Gasteiger partial charge in [-0.15, -0.1) is 0 Å². The maximum absolute atomic E-state index is 12.1. The minimum atomic E-state index is -0.284. The van der Waals surface area contributed by atoms with Crippen LogP contribution in [0.4, 0.5) is 10.5 Å². The minimum absolute atomic E-state index is 0.0415. The van der Waals surface area contributed by atoms with E-state index in [2.05, 4.69) is 15.6 Å². The molecule has 0 aliphatic rings. The van der Waals surface area contributed by atoms with Crippen molar-refractivity contribution in [3.05, 3.63) is 36.2 Å². The molecule has 2 aromatic rings. The Labute approximate surface area is 129 Å². The molecule has 0 radical (unpaired) electrons. The molecule has 1 heterocycles. The highest BCUT2D eigenvalue weighted by Crippen LogP contribution is 2.24. The van der Waals surface area contributed by atoms with Gasteiger partial charge in [-0.2, -0.15) is 0 Å². The number of amides is 2. The van der Waals surface area contributed by atoms with Gasteiger partial charge >= 0.3 is 6.03 Å². The first-order chi connectivity index (χ1) is 10.6. The zero-order chi connectivity index (χ0) is 15.9. The van der Waals surface area contributed by atoms with Gasteiger partial charge in [0.25, 0.3) is 0 Å². The van der Waals surface area contributed by atoms with Gasteiger partial charge in [0.05, 0.1) is 6.20 Å². The molecule has 2 amide bonds. The number of aliphatic hydroxyl groups excluding tert-OH is 1. The van der Waals surface area contributed by atoms with Crippen LogP contribution < -0.4 is 10.6 Å². The summed E-state index contributed by atoms with van der Waals surface area (Å²) in [5.74, 6) is 0.509. The van der Waals surface area contributed by atoms with Crippen LogP contribution in [0.25, 0.3) is 11.5 Å². The molecular weight excluding hydrogens is 282 g/mol. The third-order valence-corrected chi connectivity index (χ3v) is 3.47. The molecule has 2 rings (SSSR count). The third kappa shape index (κ3) is 4.08. The topological polar surface area (TPSA) is 87.4 Å². The molecule has 0 saturated heterocycles. The molecule has 0 spiro atoms. The lowest BCUT2D eigenvalue weighted by atomic mass is 10.1. The molecule has 6 heteroatoms. The number of carbonyl (C=O) groups is 1. The maximum atomic E-state index is 12.1. The number of rotatable bonds is 6. The van der Waals surface area contributed by atoms with Crippen molar-refractivity contribution in [3.8, 4) is 11.5 Å². The second kappa shape index (κ2) is 7.61. The van der Waals surface area contributed by atoms with Gasteiger partial charge < -0.3 is 20.2 Å². The highest BCUT2D eigenvalue weighted by Gasteiger charge is 2.12. The van der Waals surface area contributed by atoms with Crippen LogP contribution in [0.5, 0.6) is 0 Å². The number of hydrogen-bond acceptors (Lipinski definition) is 4. The summed E-state index contributed by atoms with van der Waals surface area (Å²) >= 11 is 0. The second-order valence-electron chi connectivity index (χ2n) is 5.08. The Morgan fingerprint density at radius 3 is 2.91 bits per heavy atom. The van der Waals surface area contributed by atoms with Gasteiger partial charge in [-0.3, -0.25) is 0 Å². The van der Waals surface area contributed by atoms with E-state index < -0.39 is 0 Å². The number of nitrogens with one attached hydrogen (secondary N) is 2. The Bertz CT molecular complexity index is 611. The summed E-state index contributed by atoms with van der Waals surface area (Å²) in [4.78, 5) is 16.2. The van der Waals surface area contributed by atoms with Crippen molar-refractivity contribution in [1.82, 2.24) is 10.3 Å². The Morgan fingerprint density at radius 2 is 2.27 bits per heavy atom. The molecule has 1 unspecified atom stereocenters. The van der Waals surface area contributed by atoms with E-state index in [9.17, 15) is 4.79 Å². The number of anilines is 1. The van der Waals surface area contributed by atoms with Crippen molar-refractivity contribution in [2.75, 3.05) is 11.9 Å². The normalized spacial score (nSPS) is 12.0. The Kier molecular flexibility index (Phi) is 5.55. The Balaban J connectivity index is 2.08. The van der Waals surface area contributed by atoms with Gasteiger partial charge in [0.1, 0.15) is 6.26 Å². The number of carbonyl (C=O) groups excluding carboxylic acids is 1. The standard InChI is InChI=1S/C16H21N3O3/c1-3-13(6-8-20)18-16(21)19-14-10-12(5-4-11(14)2)15-17-7-9-22-15/h4-5,7,9-10,13,20H,3,6,8H2,1-2H3,(H2,18,19,21). The van der Waals surface area contributed by atoms with Crippen molar-refractivity contribution in [2.24, 2.45) is 0 Å². The molecule has 3 N–H and O–H groups in total. The summed E-state index contributed by atoms with van der Waals surface area (Å²) in [6.07, 6.45) is 4.40. The lowest BCUT2D eigenvalue weighted by Crippen LogP contribution is -2.38. The average molecular weight is 303 g/mol. The van der Waals surface area contributed by atoms with Crippen LogP contribution in [0.2, 0.25) is 0 Å². The molecule has 6 nitrogen and oxygen atoms in total. The number of hydrogen-bond donors (Lipinski definition) is 3. The van der Waals surface area contributed by atoms with Crippen LogP contribution in [0.1, 0.15) is 25.3 Å². The number of aryl methyl sites for hydroxylation is 1. The average Bonchev–Trinajstić information content (AvgIpc) is 3.03. The molecule has 1 aromatic carbocycles. The second-order valence-corrected chi connectivity index (χ2v) is 5.08. The molecular formula is C16H21N3O3. The molecule has 1 atom stereocenters. The summed E-state index contributed by atoms with van der Waals surface area (Å²) < 4.78 is 5.27. The van der Waals surface area contributed by atoms with E-state index >= 15 is 0 Å². The molecule has 0 bridgehead atoms. The largest absolute Gasteiger partial charge is 0.445 e. The zero-order valence-corrected chi connectivity index (χ0v) is 12.8. The van der Waals surface area contributed by atoms with Crippen molar-refractivity contribution >= 4 is 11.7 Å². The number of aliphatic hydroxyl groups is 1. The summed E-state index contributed by atoms with van der Waals surface area (Å²) in [6.45, 7) is 3.94. The SMILES string of the molecule is CCC(CCO)NC(=O)Nc1cc(-c2ncco2)ccc1C. The molecule has 118 valence electrons. The highest BCUT2D eigenvalue weighted by atomic mass is 16.3. The van der Waals surface area contributed by atoms with E-state index in [0.29, 0.717) is 18.0 Å². The first-order valence-corrected chi connectivity index (χ1v) is 7.33. The molecule has 0 aliphatic carbocycles. The number of oxazole rings is 1. The summed E-state index contributed by atoms with van der Waals surface area (Å²) in [7, 11) is 0. The molecule has 0 fully saturated rings. The van der Waals surface area contributed by atoms with Crippen molar-refractivity contribution in [1.29, 1.82) is 0 Å². The first-order valence-electron chi connectivity index (χ1n) is 7.33. The first kappa shape index (κ1) is 16.0. The number of benzene rings is 1. The molecule has 1 aromatic heterocycles. The van der Waals surface area contributed by atoms with Crippen LogP contribution in [0.3, 0.4) is 0 Å². The summed E-state index contributed by atoms with van der Waals surface area (Å²) in [6, 6.07) is 5.30. The van der Waals surface area contributed by atoms with Crippen molar-refractivity contribution in [3.63, 3.8) is 0 Å². The maximum Gasteiger partial charge on any atom is 0.319 e. The number of nitrogens with zero attached hydrogens (tertiary/aromatic N) is 1. The molecule has 0 saturated carbocycles. The predicted octanol–water partition coefficient (Wildman–Crippen LogP) is 2.93. The Morgan fingerprint density at radius 1 is 1.45 bits per heavy atom. The van der Waals surface area contributed by atoms with Gasteiger partial charge in [0.2, 0.25) is 5.89 Å². The van der Waals surface area contributed by atoms with Crippen LogP contribution in [-0.2, 0) is 0 Å². The van der Waals surface area contributed by atoms with Crippen LogP contribution in [-0.4, -0.2) is 28.8 Å².